The average Bonchev–Trinajstić information content (AvgIpc) is 3.15. The summed E-state index contributed by atoms with van der Waals surface area (Å²) in [5.41, 5.74) is 2.15. The zero-order chi connectivity index (χ0) is 22.5. The molecule has 1 aliphatic carbocycles. The van der Waals surface area contributed by atoms with E-state index in [0.717, 1.165) is 43.3 Å². The fourth-order valence-electron chi connectivity index (χ4n) is 4.79. The number of nitrogens with zero attached hydrogens (tertiary/aromatic N) is 5. The average molecular weight is 454 g/mol. The first-order valence-corrected chi connectivity index (χ1v) is 13.1. The molecule has 0 bridgehead atoms. The molecular weight excluding hydrogens is 422 g/mol. The van der Waals surface area contributed by atoms with Crippen LogP contribution >= 0.6 is 0 Å². The minimum absolute atomic E-state index is 0.365. The number of hydrogen-bond acceptors (Lipinski definition) is 6. The molecular formula is C24H31N5O2S. The van der Waals surface area contributed by atoms with Crippen molar-refractivity contribution in [1.29, 1.82) is 0 Å². The van der Waals surface area contributed by atoms with E-state index in [1.54, 1.807) is 12.1 Å². The fraction of sp³-hybridized carbons (Fsp3) is 0.458. The Labute approximate surface area is 190 Å². The zero-order valence-electron chi connectivity index (χ0n) is 19.0. The summed E-state index contributed by atoms with van der Waals surface area (Å²) in [6, 6.07) is 14.9. The van der Waals surface area contributed by atoms with Gasteiger partial charge in [-0.3, -0.25) is 0 Å². The van der Waals surface area contributed by atoms with Gasteiger partial charge in [0, 0.05) is 61.8 Å². The Morgan fingerprint density at radius 1 is 0.906 bits per heavy atom. The van der Waals surface area contributed by atoms with Crippen LogP contribution in [-0.2, 0) is 9.84 Å². The predicted octanol–water partition coefficient (Wildman–Crippen LogP) is 3.03. The van der Waals surface area contributed by atoms with Gasteiger partial charge in [0.1, 0.15) is 11.5 Å². The smallest absolute Gasteiger partial charge is 0.175 e. The Morgan fingerprint density at radius 3 is 2.19 bits per heavy atom. The van der Waals surface area contributed by atoms with E-state index in [9.17, 15) is 8.42 Å². The van der Waals surface area contributed by atoms with Crippen molar-refractivity contribution in [2.24, 2.45) is 0 Å². The molecule has 0 amide bonds. The minimum Gasteiger partial charge on any atom is -0.368 e. The lowest BCUT2D eigenvalue weighted by atomic mass is 9.86. The fourth-order valence-corrected chi connectivity index (χ4v) is 5.42. The third-order valence-electron chi connectivity index (χ3n) is 7.00. The van der Waals surface area contributed by atoms with E-state index in [1.807, 2.05) is 12.1 Å². The lowest BCUT2D eigenvalue weighted by Gasteiger charge is -2.40. The van der Waals surface area contributed by atoms with Gasteiger partial charge in [-0.2, -0.15) is 0 Å². The Balaban J connectivity index is 1.27. The molecule has 7 nitrogen and oxygen atoms in total. The normalized spacial score (nSPS) is 21.9. The van der Waals surface area contributed by atoms with Crippen LogP contribution in [0.3, 0.4) is 0 Å². The maximum Gasteiger partial charge on any atom is 0.175 e. The second kappa shape index (κ2) is 8.08. The summed E-state index contributed by atoms with van der Waals surface area (Å²) >= 11 is 0. The van der Waals surface area contributed by atoms with Gasteiger partial charge in [0.2, 0.25) is 0 Å². The standard InChI is InChI=1S/C24H31N5O2S/c1-26(2)20-16-21(17-20)29-11-10-18-4-9-23(25-24(18)29)28-14-12-27(13-15-28)19-5-7-22(8-6-19)32(3,30)31/h4-11,20-21H,12-17H2,1-3H3/t20-,21-. The van der Waals surface area contributed by atoms with Gasteiger partial charge in [-0.25, -0.2) is 13.4 Å². The van der Waals surface area contributed by atoms with Crippen LogP contribution in [-0.4, -0.2) is 75.4 Å². The topological polar surface area (TPSA) is 61.7 Å². The second-order valence-electron chi connectivity index (χ2n) is 9.29. The SMILES string of the molecule is CN(C)[C@H]1C[C@H](n2ccc3ccc(N4CCN(c5ccc(S(C)(=O)=O)cc5)CC4)nc32)C1. The Hall–Kier alpha value is -2.58. The lowest BCUT2D eigenvalue weighted by molar-refractivity contribution is 0.131. The van der Waals surface area contributed by atoms with Gasteiger partial charge in [-0.1, -0.05) is 0 Å². The first-order valence-electron chi connectivity index (χ1n) is 11.2. The van der Waals surface area contributed by atoms with Crippen LogP contribution in [0.5, 0.6) is 0 Å². The third kappa shape index (κ3) is 3.97. The van der Waals surface area contributed by atoms with Crippen molar-refractivity contribution in [3.8, 4) is 0 Å². The van der Waals surface area contributed by atoms with Gasteiger partial charge >= 0.3 is 0 Å². The van der Waals surface area contributed by atoms with E-state index in [-0.39, 0.29) is 0 Å². The predicted molar refractivity (Wildman–Crippen MR) is 129 cm³/mol. The van der Waals surface area contributed by atoms with Crippen molar-refractivity contribution in [3.05, 3.63) is 48.7 Å². The highest BCUT2D eigenvalue weighted by Crippen LogP contribution is 2.37. The van der Waals surface area contributed by atoms with Crippen molar-refractivity contribution in [3.63, 3.8) is 0 Å². The number of benzene rings is 1. The summed E-state index contributed by atoms with van der Waals surface area (Å²) in [6.45, 7) is 3.54. The molecule has 0 spiro atoms. The molecule has 2 fully saturated rings. The first-order chi connectivity index (χ1) is 15.3. The minimum atomic E-state index is -3.16. The number of sulfone groups is 1. The zero-order valence-corrected chi connectivity index (χ0v) is 19.8. The van der Waals surface area contributed by atoms with Crippen molar-refractivity contribution in [2.45, 2.75) is 29.8 Å². The van der Waals surface area contributed by atoms with Gasteiger partial charge < -0.3 is 19.3 Å². The van der Waals surface area contributed by atoms with Crippen LogP contribution in [0.1, 0.15) is 18.9 Å². The summed E-state index contributed by atoms with van der Waals surface area (Å²) in [4.78, 5) is 12.4. The molecule has 1 aromatic carbocycles. The molecule has 0 radical (unpaired) electrons. The summed E-state index contributed by atoms with van der Waals surface area (Å²) in [6.07, 6.45) is 5.79. The highest BCUT2D eigenvalue weighted by atomic mass is 32.2. The summed E-state index contributed by atoms with van der Waals surface area (Å²) in [5.74, 6) is 1.04. The van der Waals surface area contributed by atoms with E-state index >= 15 is 0 Å². The molecule has 32 heavy (non-hydrogen) atoms. The molecule has 2 aromatic heterocycles. The molecule has 8 heteroatoms. The largest absolute Gasteiger partial charge is 0.368 e. The Kier molecular flexibility index (Phi) is 5.37. The molecule has 2 aliphatic rings. The van der Waals surface area contributed by atoms with E-state index in [2.05, 4.69) is 57.8 Å². The second-order valence-corrected chi connectivity index (χ2v) is 11.3. The van der Waals surface area contributed by atoms with Gasteiger partial charge in [0.25, 0.3) is 0 Å². The Morgan fingerprint density at radius 2 is 1.56 bits per heavy atom. The number of anilines is 2. The molecule has 5 rings (SSSR count). The highest BCUT2D eigenvalue weighted by molar-refractivity contribution is 7.90. The van der Waals surface area contributed by atoms with Crippen LogP contribution in [0, 0.1) is 0 Å². The molecule has 170 valence electrons. The van der Waals surface area contributed by atoms with Crippen molar-refractivity contribution in [1.82, 2.24) is 14.5 Å². The van der Waals surface area contributed by atoms with Crippen LogP contribution in [0.4, 0.5) is 11.5 Å². The maximum atomic E-state index is 11.7. The number of fused-ring (bicyclic) bond motifs is 1. The summed E-state index contributed by atoms with van der Waals surface area (Å²) in [5, 5.41) is 1.20. The molecule has 1 saturated heterocycles. The van der Waals surface area contributed by atoms with Gasteiger partial charge in [0.05, 0.1) is 4.90 Å². The van der Waals surface area contributed by atoms with E-state index < -0.39 is 9.84 Å². The molecule has 1 aliphatic heterocycles. The van der Waals surface area contributed by atoms with Crippen LogP contribution in [0.25, 0.3) is 11.0 Å². The summed E-state index contributed by atoms with van der Waals surface area (Å²) in [7, 11) is 1.15. The molecule has 0 unspecified atom stereocenters. The highest BCUT2D eigenvalue weighted by Gasteiger charge is 2.32. The summed E-state index contributed by atoms with van der Waals surface area (Å²) < 4.78 is 25.8. The van der Waals surface area contributed by atoms with Crippen LogP contribution < -0.4 is 9.80 Å². The first kappa shape index (κ1) is 21.3. The number of aromatic nitrogens is 2. The van der Waals surface area contributed by atoms with Crippen LogP contribution in [0.15, 0.2) is 53.6 Å². The molecule has 0 N–H and O–H groups in total. The Bertz CT molecular complexity index is 1200. The maximum absolute atomic E-state index is 11.7. The van der Waals surface area contributed by atoms with E-state index in [4.69, 9.17) is 4.98 Å². The quantitative estimate of drug-likeness (QED) is 0.592. The van der Waals surface area contributed by atoms with Crippen molar-refractivity contribution in [2.75, 3.05) is 56.3 Å². The van der Waals surface area contributed by atoms with Gasteiger partial charge in [-0.05, 0) is 69.4 Å². The number of piperazine rings is 1. The molecule has 1 saturated carbocycles. The third-order valence-corrected chi connectivity index (χ3v) is 8.12. The number of pyridine rings is 1. The van der Waals surface area contributed by atoms with Crippen molar-refractivity contribution < 1.29 is 8.42 Å². The van der Waals surface area contributed by atoms with E-state index in [0.29, 0.717) is 17.0 Å². The van der Waals surface area contributed by atoms with Gasteiger partial charge in [0.15, 0.2) is 9.84 Å². The molecule has 3 aromatic rings. The molecule has 3 heterocycles. The molecule has 0 atom stereocenters. The van der Waals surface area contributed by atoms with E-state index in [1.165, 1.54) is 24.5 Å². The number of hydrogen-bond donors (Lipinski definition) is 0. The van der Waals surface area contributed by atoms with Crippen molar-refractivity contribution >= 4 is 32.4 Å². The lowest BCUT2D eigenvalue weighted by Crippen LogP contribution is -2.46. The van der Waals surface area contributed by atoms with Gasteiger partial charge in [-0.15, -0.1) is 0 Å². The number of rotatable bonds is 5. The monoisotopic (exact) mass is 453 g/mol. The van der Waals surface area contributed by atoms with Crippen LogP contribution in [0.2, 0.25) is 0 Å².